The summed E-state index contributed by atoms with van der Waals surface area (Å²) in [6.07, 6.45) is 1.50. The van der Waals surface area contributed by atoms with Crippen LogP contribution in [-0.4, -0.2) is 25.8 Å². The molecule has 0 heterocycles. The second-order valence-electron chi connectivity index (χ2n) is 6.40. The third-order valence-corrected chi connectivity index (χ3v) is 4.18. The number of carbonyl (C=O) groups excluding carboxylic acids is 1. The van der Waals surface area contributed by atoms with Gasteiger partial charge in [-0.25, -0.2) is 5.43 Å². The van der Waals surface area contributed by atoms with E-state index < -0.39 is 5.91 Å². The van der Waals surface area contributed by atoms with Crippen molar-refractivity contribution in [2.45, 2.75) is 6.61 Å². The number of benzene rings is 3. The largest absolute Gasteiger partial charge is 0.493 e. The maximum Gasteiger partial charge on any atom is 0.277 e. The van der Waals surface area contributed by atoms with Crippen LogP contribution < -0.4 is 19.6 Å². The highest BCUT2D eigenvalue weighted by Gasteiger charge is 2.06. The number of amides is 1. The van der Waals surface area contributed by atoms with E-state index >= 15 is 0 Å². The second-order valence-corrected chi connectivity index (χ2v) is 6.40. The lowest BCUT2D eigenvalue weighted by molar-refractivity contribution is -0.123. The Hall–Kier alpha value is -4.31. The first-order valence-corrected chi connectivity index (χ1v) is 9.47. The Morgan fingerprint density at radius 1 is 1.03 bits per heavy atom. The molecule has 1 amide bonds. The van der Waals surface area contributed by atoms with Crippen LogP contribution >= 0.6 is 0 Å². The van der Waals surface area contributed by atoms with Crippen LogP contribution in [0.25, 0.3) is 0 Å². The summed E-state index contributed by atoms with van der Waals surface area (Å²) < 4.78 is 16.6. The Balaban J connectivity index is 1.50. The molecule has 0 aromatic heterocycles. The normalized spacial score (nSPS) is 10.3. The Bertz CT molecular complexity index is 1070. The third kappa shape index (κ3) is 6.61. The Morgan fingerprint density at radius 2 is 1.81 bits per heavy atom. The van der Waals surface area contributed by atoms with E-state index in [-0.39, 0.29) is 6.61 Å². The summed E-state index contributed by atoms with van der Waals surface area (Å²) in [6.45, 7) is 0.235. The molecule has 0 aliphatic rings. The van der Waals surface area contributed by atoms with Gasteiger partial charge in [0.05, 0.1) is 25.0 Å². The first kappa shape index (κ1) is 21.4. The van der Waals surface area contributed by atoms with Crippen LogP contribution in [0.1, 0.15) is 16.7 Å². The Kier molecular flexibility index (Phi) is 7.61. The lowest BCUT2D eigenvalue weighted by Crippen LogP contribution is -2.24. The van der Waals surface area contributed by atoms with E-state index in [1.807, 2.05) is 42.5 Å². The van der Waals surface area contributed by atoms with Gasteiger partial charge in [0.2, 0.25) is 0 Å². The second kappa shape index (κ2) is 11.0. The van der Waals surface area contributed by atoms with Crippen molar-refractivity contribution < 1.29 is 19.0 Å². The minimum atomic E-state index is -0.407. The van der Waals surface area contributed by atoms with Crippen LogP contribution in [0.3, 0.4) is 0 Å². The molecular weight excluding hydrogens is 394 g/mol. The van der Waals surface area contributed by atoms with Crippen LogP contribution in [0.4, 0.5) is 0 Å². The maximum atomic E-state index is 11.9. The molecule has 0 spiro atoms. The topological polar surface area (TPSA) is 92.9 Å². The van der Waals surface area contributed by atoms with Crippen LogP contribution in [-0.2, 0) is 11.4 Å². The summed E-state index contributed by atoms with van der Waals surface area (Å²) in [5.74, 6) is 1.27. The molecular formula is C24H21N3O4. The van der Waals surface area contributed by atoms with Crippen molar-refractivity contribution in [1.82, 2.24) is 5.43 Å². The molecule has 3 aromatic rings. The van der Waals surface area contributed by atoms with Gasteiger partial charge in [0.15, 0.2) is 18.1 Å². The molecule has 3 aromatic carbocycles. The summed E-state index contributed by atoms with van der Waals surface area (Å²) >= 11 is 0. The van der Waals surface area contributed by atoms with Crippen molar-refractivity contribution in [2.24, 2.45) is 5.10 Å². The first-order chi connectivity index (χ1) is 15.2. The van der Waals surface area contributed by atoms with Gasteiger partial charge in [0.1, 0.15) is 12.4 Å². The van der Waals surface area contributed by atoms with Gasteiger partial charge in [-0.15, -0.1) is 0 Å². The molecule has 0 radical (unpaired) electrons. The smallest absolute Gasteiger partial charge is 0.277 e. The lowest BCUT2D eigenvalue weighted by Gasteiger charge is -2.11. The van der Waals surface area contributed by atoms with Gasteiger partial charge in [0.25, 0.3) is 5.91 Å². The van der Waals surface area contributed by atoms with Gasteiger partial charge >= 0.3 is 0 Å². The standard InChI is InChI=1S/C24H21N3O4/c1-29-23-13-20(9-12-22(23)31-16-19-5-3-2-4-6-19)15-26-27-24(28)17-30-21-10-7-18(14-25)8-11-21/h2-13,15H,16-17H2,1H3,(H,27,28). The number of rotatable bonds is 9. The molecule has 3 rings (SSSR count). The molecule has 0 atom stereocenters. The summed E-state index contributed by atoms with van der Waals surface area (Å²) in [5, 5.41) is 12.7. The fourth-order valence-corrected chi connectivity index (χ4v) is 2.60. The van der Waals surface area contributed by atoms with Gasteiger partial charge in [-0.3, -0.25) is 4.79 Å². The summed E-state index contributed by atoms with van der Waals surface area (Å²) in [5.41, 5.74) is 4.72. The highest BCUT2D eigenvalue weighted by Crippen LogP contribution is 2.28. The number of nitriles is 1. The summed E-state index contributed by atoms with van der Waals surface area (Å²) in [7, 11) is 1.56. The number of ether oxygens (including phenoxy) is 3. The van der Waals surface area contributed by atoms with Crippen molar-refractivity contribution in [3.05, 3.63) is 89.5 Å². The zero-order valence-corrected chi connectivity index (χ0v) is 16.9. The molecule has 0 saturated carbocycles. The highest BCUT2D eigenvalue weighted by atomic mass is 16.5. The summed E-state index contributed by atoms with van der Waals surface area (Å²) in [4.78, 5) is 11.9. The van der Waals surface area contributed by atoms with E-state index in [0.717, 1.165) is 11.1 Å². The zero-order chi connectivity index (χ0) is 21.9. The Labute approximate surface area is 180 Å². The van der Waals surface area contributed by atoms with Crippen LogP contribution in [0.2, 0.25) is 0 Å². The van der Waals surface area contributed by atoms with Crippen LogP contribution in [0.5, 0.6) is 17.2 Å². The Morgan fingerprint density at radius 3 is 2.52 bits per heavy atom. The highest BCUT2D eigenvalue weighted by molar-refractivity contribution is 5.83. The molecule has 7 heteroatoms. The van der Waals surface area contributed by atoms with Gasteiger partial charge in [-0.05, 0) is 53.6 Å². The predicted octanol–water partition coefficient (Wildman–Crippen LogP) is 3.67. The lowest BCUT2D eigenvalue weighted by atomic mass is 10.2. The quantitative estimate of drug-likeness (QED) is 0.425. The van der Waals surface area contributed by atoms with Gasteiger partial charge in [-0.2, -0.15) is 10.4 Å². The fraction of sp³-hybridized carbons (Fsp3) is 0.125. The molecule has 0 fully saturated rings. The molecule has 0 saturated heterocycles. The molecule has 0 aliphatic carbocycles. The fourth-order valence-electron chi connectivity index (χ4n) is 2.60. The average Bonchev–Trinajstić information content (AvgIpc) is 2.82. The van der Waals surface area contributed by atoms with Crippen molar-refractivity contribution in [1.29, 1.82) is 5.26 Å². The minimum absolute atomic E-state index is 0.196. The van der Waals surface area contributed by atoms with E-state index in [1.54, 1.807) is 43.5 Å². The third-order valence-electron chi connectivity index (χ3n) is 4.18. The minimum Gasteiger partial charge on any atom is -0.493 e. The number of methoxy groups -OCH3 is 1. The maximum absolute atomic E-state index is 11.9. The van der Waals surface area contributed by atoms with Gasteiger partial charge < -0.3 is 14.2 Å². The molecule has 0 aliphatic heterocycles. The zero-order valence-electron chi connectivity index (χ0n) is 16.9. The SMILES string of the molecule is COc1cc(C=NNC(=O)COc2ccc(C#N)cc2)ccc1OCc1ccccc1. The molecule has 0 unspecified atom stereocenters. The molecule has 7 nitrogen and oxygen atoms in total. The molecule has 156 valence electrons. The van der Waals surface area contributed by atoms with Crippen molar-refractivity contribution >= 4 is 12.1 Å². The molecule has 31 heavy (non-hydrogen) atoms. The number of hydrogen-bond donors (Lipinski definition) is 1. The molecule has 1 N–H and O–H groups in total. The monoisotopic (exact) mass is 415 g/mol. The van der Waals surface area contributed by atoms with Crippen molar-refractivity contribution in [3.63, 3.8) is 0 Å². The number of carbonyl (C=O) groups is 1. The number of hydrogen-bond acceptors (Lipinski definition) is 6. The van der Waals surface area contributed by atoms with E-state index in [9.17, 15) is 4.79 Å². The van der Waals surface area contributed by atoms with E-state index in [2.05, 4.69) is 10.5 Å². The van der Waals surface area contributed by atoms with Crippen LogP contribution in [0.15, 0.2) is 77.9 Å². The van der Waals surface area contributed by atoms with E-state index in [1.165, 1.54) is 6.21 Å². The average molecular weight is 415 g/mol. The number of nitrogens with one attached hydrogen (secondary N) is 1. The molecule has 0 bridgehead atoms. The van der Waals surface area contributed by atoms with Crippen LogP contribution in [0, 0.1) is 11.3 Å². The number of hydrazone groups is 1. The van der Waals surface area contributed by atoms with Crippen molar-refractivity contribution in [2.75, 3.05) is 13.7 Å². The van der Waals surface area contributed by atoms with Gasteiger partial charge in [-0.1, -0.05) is 30.3 Å². The van der Waals surface area contributed by atoms with E-state index in [4.69, 9.17) is 19.5 Å². The number of nitrogens with zero attached hydrogens (tertiary/aromatic N) is 2. The first-order valence-electron chi connectivity index (χ1n) is 9.47. The van der Waals surface area contributed by atoms with E-state index in [0.29, 0.717) is 29.4 Å². The van der Waals surface area contributed by atoms with Crippen molar-refractivity contribution in [3.8, 4) is 23.3 Å². The summed E-state index contributed by atoms with van der Waals surface area (Å²) in [6, 6.07) is 23.7. The van der Waals surface area contributed by atoms with Gasteiger partial charge in [0, 0.05) is 0 Å². The predicted molar refractivity (Wildman–Crippen MR) is 116 cm³/mol.